The van der Waals surface area contributed by atoms with Crippen molar-refractivity contribution in [2.45, 2.75) is 31.4 Å². The van der Waals surface area contributed by atoms with Crippen LogP contribution in [0.4, 0.5) is 22.0 Å². The van der Waals surface area contributed by atoms with Crippen molar-refractivity contribution < 1.29 is 31.9 Å². The Morgan fingerprint density at radius 2 is 1.58 bits per heavy atom. The fourth-order valence-electron chi connectivity index (χ4n) is 1.49. The topological polar surface area (TPSA) is 37.3 Å². The Balaban J connectivity index is 2.74. The summed E-state index contributed by atoms with van der Waals surface area (Å²) < 4.78 is 62.2. The van der Waals surface area contributed by atoms with Crippen LogP contribution in [0.2, 0.25) is 0 Å². The van der Waals surface area contributed by atoms with Gasteiger partial charge in [-0.3, -0.25) is 4.79 Å². The molecular formula is C12H11F5O2. The number of aliphatic carboxylic acids is 1. The predicted molar refractivity (Wildman–Crippen MR) is 57.0 cm³/mol. The van der Waals surface area contributed by atoms with Crippen LogP contribution in [0, 0.1) is 0 Å². The largest absolute Gasteiger partial charge is 0.481 e. The molecule has 2 nitrogen and oxygen atoms in total. The van der Waals surface area contributed by atoms with Crippen molar-refractivity contribution in [3.05, 3.63) is 35.4 Å². The molecule has 0 radical (unpaired) electrons. The first-order valence-electron chi connectivity index (χ1n) is 5.40. The van der Waals surface area contributed by atoms with E-state index in [1.807, 2.05) is 0 Å². The minimum atomic E-state index is -5.63. The number of hydrogen-bond acceptors (Lipinski definition) is 1. The Bertz CT molecular complexity index is 436. The summed E-state index contributed by atoms with van der Waals surface area (Å²) in [5.41, 5.74) is -0.607. The van der Waals surface area contributed by atoms with Gasteiger partial charge < -0.3 is 5.11 Å². The molecule has 0 unspecified atom stereocenters. The molecule has 1 aromatic carbocycles. The highest BCUT2D eigenvalue weighted by Gasteiger charge is 2.58. The maximum atomic E-state index is 12.9. The molecule has 0 spiro atoms. The number of carbonyl (C=O) groups is 1. The molecule has 0 heterocycles. The quantitative estimate of drug-likeness (QED) is 0.835. The second-order valence-electron chi connectivity index (χ2n) is 4.02. The van der Waals surface area contributed by atoms with Crippen LogP contribution in [-0.4, -0.2) is 17.3 Å². The van der Waals surface area contributed by atoms with E-state index in [0.717, 1.165) is 12.1 Å². The highest BCUT2D eigenvalue weighted by Crippen LogP contribution is 2.43. The lowest BCUT2D eigenvalue weighted by molar-refractivity contribution is -0.289. The zero-order valence-electron chi connectivity index (χ0n) is 9.68. The molecular weight excluding hydrogens is 271 g/mol. The summed E-state index contributed by atoms with van der Waals surface area (Å²) in [5.74, 6) is -5.87. The molecule has 0 aliphatic heterocycles. The van der Waals surface area contributed by atoms with E-state index in [1.165, 1.54) is 0 Å². The molecule has 0 fully saturated rings. The van der Waals surface area contributed by atoms with Crippen molar-refractivity contribution in [3.63, 3.8) is 0 Å². The van der Waals surface area contributed by atoms with E-state index < -0.39 is 23.6 Å². The van der Waals surface area contributed by atoms with Gasteiger partial charge in [0, 0.05) is 12.0 Å². The lowest BCUT2D eigenvalue weighted by Crippen LogP contribution is -2.33. The summed E-state index contributed by atoms with van der Waals surface area (Å²) in [5, 5.41) is 8.41. The normalized spacial score (nSPS) is 12.5. The molecule has 0 amide bonds. The van der Waals surface area contributed by atoms with Crippen LogP contribution < -0.4 is 0 Å². The highest BCUT2D eigenvalue weighted by atomic mass is 19.4. The van der Waals surface area contributed by atoms with E-state index in [9.17, 15) is 26.7 Å². The van der Waals surface area contributed by atoms with Crippen molar-refractivity contribution in [1.29, 1.82) is 0 Å². The van der Waals surface area contributed by atoms with Crippen molar-refractivity contribution in [2.24, 2.45) is 0 Å². The molecule has 19 heavy (non-hydrogen) atoms. The van der Waals surface area contributed by atoms with Gasteiger partial charge in [-0.15, -0.1) is 0 Å². The first-order valence-corrected chi connectivity index (χ1v) is 5.40. The molecule has 0 aliphatic rings. The van der Waals surface area contributed by atoms with Crippen molar-refractivity contribution in [2.75, 3.05) is 0 Å². The van der Waals surface area contributed by atoms with E-state index >= 15 is 0 Å². The summed E-state index contributed by atoms with van der Waals surface area (Å²) in [6.07, 6.45) is -5.10. The Kier molecular flexibility index (Phi) is 4.49. The van der Waals surface area contributed by atoms with Gasteiger partial charge in [0.25, 0.3) is 0 Å². The number of carboxylic acids is 1. The summed E-state index contributed by atoms with van der Waals surface area (Å²) in [6.45, 7) is 0. The molecule has 7 heteroatoms. The van der Waals surface area contributed by atoms with Crippen molar-refractivity contribution in [3.8, 4) is 0 Å². The first-order chi connectivity index (χ1) is 8.64. The third kappa shape index (κ3) is 3.90. The van der Waals surface area contributed by atoms with Gasteiger partial charge in [-0.1, -0.05) is 24.3 Å². The lowest BCUT2D eigenvalue weighted by atomic mass is 10.0. The molecule has 0 saturated carbocycles. The second-order valence-corrected chi connectivity index (χ2v) is 4.02. The Labute approximate surface area is 105 Å². The van der Waals surface area contributed by atoms with Gasteiger partial charge in [-0.25, -0.2) is 0 Å². The summed E-state index contributed by atoms with van der Waals surface area (Å²) >= 11 is 0. The van der Waals surface area contributed by atoms with Gasteiger partial charge in [0.05, 0.1) is 0 Å². The third-order valence-corrected chi connectivity index (χ3v) is 2.53. The summed E-state index contributed by atoms with van der Waals surface area (Å²) in [6, 6.07) is 3.72. The Morgan fingerprint density at radius 3 is 2.00 bits per heavy atom. The van der Waals surface area contributed by atoms with Crippen LogP contribution >= 0.6 is 0 Å². The van der Waals surface area contributed by atoms with Gasteiger partial charge in [0.1, 0.15) is 0 Å². The number of rotatable bonds is 5. The SMILES string of the molecule is O=C(O)CCCc1ccc(C(F)(F)C(F)(F)F)cc1. The standard InChI is InChI=1S/C12H11F5O2/c13-11(14,12(15,16)17)9-6-4-8(5-7-9)2-1-3-10(18)19/h4-7H,1-3H2,(H,18,19). The van der Waals surface area contributed by atoms with Crippen molar-refractivity contribution in [1.82, 2.24) is 0 Å². The minimum absolute atomic E-state index is 0.0829. The molecule has 1 rings (SSSR count). The van der Waals surface area contributed by atoms with Gasteiger partial charge >= 0.3 is 18.1 Å². The number of alkyl halides is 5. The van der Waals surface area contributed by atoms with E-state index in [1.54, 1.807) is 0 Å². The van der Waals surface area contributed by atoms with Crippen LogP contribution in [0.5, 0.6) is 0 Å². The van der Waals surface area contributed by atoms with E-state index in [4.69, 9.17) is 5.11 Å². The Hall–Kier alpha value is -1.66. The zero-order chi connectivity index (χ0) is 14.7. The lowest BCUT2D eigenvalue weighted by Gasteiger charge is -2.19. The molecule has 0 aliphatic carbocycles. The average Bonchev–Trinajstić information content (AvgIpc) is 2.27. The fourth-order valence-corrected chi connectivity index (χ4v) is 1.49. The van der Waals surface area contributed by atoms with Crippen LogP contribution in [0.25, 0.3) is 0 Å². The number of hydrogen-bond donors (Lipinski definition) is 1. The molecule has 1 N–H and O–H groups in total. The van der Waals surface area contributed by atoms with E-state index in [-0.39, 0.29) is 6.42 Å². The first kappa shape index (κ1) is 15.4. The summed E-state index contributed by atoms with van der Waals surface area (Å²) in [4.78, 5) is 10.3. The zero-order valence-corrected chi connectivity index (χ0v) is 9.68. The predicted octanol–water partition coefficient (Wildman–Crippen LogP) is 3.75. The molecule has 0 atom stereocenters. The minimum Gasteiger partial charge on any atom is -0.481 e. The number of halogens is 5. The van der Waals surface area contributed by atoms with Crippen LogP contribution in [0.1, 0.15) is 24.0 Å². The van der Waals surface area contributed by atoms with E-state index in [0.29, 0.717) is 30.5 Å². The van der Waals surface area contributed by atoms with E-state index in [2.05, 4.69) is 0 Å². The van der Waals surface area contributed by atoms with Gasteiger partial charge in [0.2, 0.25) is 0 Å². The maximum absolute atomic E-state index is 12.9. The van der Waals surface area contributed by atoms with Crippen LogP contribution in [0.15, 0.2) is 24.3 Å². The average molecular weight is 282 g/mol. The molecule has 0 saturated heterocycles. The molecule has 0 bridgehead atoms. The fraction of sp³-hybridized carbons (Fsp3) is 0.417. The highest BCUT2D eigenvalue weighted by molar-refractivity contribution is 5.66. The monoisotopic (exact) mass is 282 g/mol. The van der Waals surface area contributed by atoms with Crippen LogP contribution in [-0.2, 0) is 17.1 Å². The number of benzene rings is 1. The second kappa shape index (κ2) is 5.54. The third-order valence-electron chi connectivity index (χ3n) is 2.53. The van der Waals surface area contributed by atoms with Gasteiger partial charge in [-0.05, 0) is 18.4 Å². The van der Waals surface area contributed by atoms with Crippen molar-refractivity contribution >= 4 is 5.97 Å². The molecule has 106 valence electrons. The molecule has 1 aromatic rings. The van der Waals surface area contributed by atoms with Gasteiger partial charge in [-0.2, -0.15) is 22.0 Å². The van der Waals surface area contributed by atoms with Gasteiger partial charge in [0.15, 0.2) is 0 Å². The maximum Gasteiger partial charge on any atom is 0.458 e. The number of carboxylic acid groups (broad SMARTS) is 1. The summed E-state index contributed by atoms with van der Waals surface area (Å²) in [7, 11) is 0. The number of aryl methyl sites for hydroxylation is 1. The Morgan fingerprint density at radius 1 is 1.05 bits per heavy atom. The smallest absolute Gasteiger partial charge is 0.458 e. The molecule has 0 aromatic heterocycles. The van der Waals surface area contributed by atoms with Crippen LogP contribution in [0.3, 0.4) is 0 Å².